The highest BCUT2D eigenvalue weighted by Crippen LogP contribution is 2.46. The number of hydrogen-bond donors (Lipinski definition) is 1. The number of amides is 2. The Hall–Kier alpha value is -3.67. The topological polar surface area (TPSA) is 102 Å². The van der Waals surface area contributed by atoms with Crippen LogP contribution in [0, 0.1) is 17.5 Å². The molecule has 3 aliphatic rings. The van der Waals surface area contributed by atoms with E-state index < -0.39 is 70.6 Å². The second-order valence-corrected chi connectivity index (χ2v) is 9.15. The van der Waals surface area contributed by atoms with Crippen molar-refractivity contribution in [2.45, 2.75) is 50.1 Å². The zero-order chi connectivity index (χ0) is 26.7. The Morgan fingerprint density at radius 1 is 1.28 bits per heavy atom. The summed E-state index contributed by atoms with van der Waals surface area (Å²) in [6.45, 7) is 1.15. The molecule has 36 heavy (non-hydrogen) atoms. The number of pyridine rings is 1. The van der Waals surface area contributed by atoms with Crippen molar-refractivity contribution < 1.29 is 33.7 Å². The number of oxime groups is 1. The molecule has 1 N–H and O–H groups in total. The van der Waals surface area contributed by atoms with Crippen LogP contribution >= 0.6 is 0 Å². The fraction of sp³-hybridized carbons (Fsp3) is 0.417. The molecule has 9 nitrogen and oxygen atoms in total. The first-order valence-corrected chi connectivity index (χ1v) is 11.2. The van der Waals surface area contributed by atoms with Gasteiger partial charge in [-0.2, -0.15) is 0 Å². The fourth-order valence-electron chi connectivity index (χ4n) is 4.99. The molecule has 4 heterocycles. The lowest BCUT2D eigenvalue weighted by Gasteiger charge is -2.44. The minimum atomic E-state index is -1.20. The molecule has 1 saturated heterocycles. The summed E-state index contributed by atoms with van der Waals surface area (Å²) in [5.41, 5.74) is -4.02. The second-order valence-electron chi connectivity index (χ2n) is 9.15. The first-order chi connectivity index (χ1) is 17.5. The third-order valence-electron chi connectivity index (χ3n) is 7.21. The molecule has 1 aromatic carbocycles. The number of ether oxygens (including phenoxy) is 1. The molecule has 3 aliphatic heterocycles. The van der Waals surface area contributed by atoms with Crippen LogP contribution in [-0.4, -0.2) is 52.5 Å². The van der Waals surface area contributed by atoms with E-state index in [1.807, 2.05) is 0 Å². The van der Waals surface area contributed by atoms with Crippen LogP contribution in [0.3, 0.4) is 0 Å². The molecular formula is C24H23F3N4O5. The number of hydrogen-bond acceptors (Lipinski definition) is 6. The number of rotatable bonds is 4. The molecule has 0 aliphatic carbocycles. The minimum absolute atomic E-state index is 0.0272. The molecule has 4 unspecified atom stereocenters. The van der Waals surface area contributed by atoms with Crippen molar-refractivity contribution in [3.8, 4) is 0 Å². The van der Waals surface area contributed by atoms with Crippen LogP contribution < -0.4 is 10.7 Å². The maximum Gasteiger partial charge on any atom is 0.272 e. The average molecular weight is 505 g/mol. The van der Waals surface area contributed by atoms with Crippen molar-refractivity contribution in [3.05, 3.63) is 68.9 Å². The monoisotopic (exact) mass is 505 g/mol. The van der Waals surface area contributed by atoms with Gasteiger partial charge in [0.2, 0.25) is 0 Å². The molecule has 12 heteroatoms. The number of fused-ring (bicyclic) bond motifs is 5. The van der Waals surface area contributed by atoms with E-state index in [2.05, 4.69) is 10.5 Å². The van der Waals surface area contributed by atoms with Crippen LogP contribution in [0.15, 0.2) is 34.3 Å². The third-order valence-corrected chi connectivity index (χ3v) is 7.21. The van der Waals surface area contributed by atoms with Crippen molar-refractivity contribution in [1.82, 2.24) is 14.8 Å². The summed E-state index contributed by atoms with van der Waals surface area (Å²) in [7, 11) is 1.46. The van der Waals surface area contributed by atoms with Crippen LogP contribution in [0.5, 0.6) is 0 Å². The molecule has 5 rings (SSSR count). The first-order valence-electron chi connectivity index (χ1n) is 11.8. The van der Waals surface area contributed by atoms with Crippen molar-refractivity contribution in [3.63, 3.8) is 0 Å². The molecule has 2 aromatic rings. The Kier molecular flexibility index (Phi) is 5.36. The number of halogens is 3. The van der Waals surface area contributed by atoms with Crippen LogP contribution in [-0.2, 0) is 16.1 Å². The lowest BCUT2D eigenvalue weighted by atomic mass is 9.85. The predicted octanol–water partition coefficient (Wildman–Crippen LogP) is 2.49. The van der Waals surface area contributed by atoms with Gasteiger partial charge in [-0.25, -0.2) is 13.2 Å². The summed E-state index contributed by atoms with van der Waals surface area (Å²) >= 11 is 0. The molecule has 1 spiro atoms. The first kappa shape index (κ1) is 22.8. The smallest absolute Gasteiger partial charge is 0.272 e. The van der Waals surface area contributed by atoms with E-state index in [9.17, 15) is 27.6 Å². The van der Waals surface area contributed by atoms with E-state index in [4.69, 9.17) is 10.9 Å². The number of aromatic nitrogens is 1. The standard InChI is InChI=1S/C24H23F3N4O5/c1-23(35-2)3-4-24(5-6-29-36-24)20-12-31(23)22(34)18-9-19(32)15(11-30(18)20)21(33)28-10-14-16(26)7-13(25)8-17(14)27/h6-9,11,20H,3-5,10,12H2,1-2H3,(H,28,33)/i5D. The van der Waals surface area contributed by atoms with Crippen LogP contribution in [0.25, 0.3) is 0 Å². The predicted molar refractivity (Wildman–Crippen MR) is 120 cm³/mol. The summed E-state index contributed by atoms with van der Waals surface area (Å²) < 4.78 is 56.9. The van der Waals surface area contributed by atoms with Gasteiger partial charge in [0.15, 0.2) is 11.0 Å². The zero-order valence-electron chi connectivity index (χ0n) is 20.4. The highest BCUT2D eigenvalue weighted by Gasteiger charge is 2.55. The molecule has 1 aromatic heterocycles. The molecule has 4 atom stereocenters. The van der Waals surface area contributed by atoms with Gasteiger partial charge in [0.05, 0.1) is 6.04 Å². The SMILES string of the molecule is [2H]C1C=NOC12CCC(C)(OC)N1CC2n2cc(C(=O)NCc3c(F)cc(F)cc3F)c(=O)cc2C1=O. The van der Waals surface area contributed by atoms with Crippen molar-refractivity contribution >= 4 is 18.0 Å². The van der Waals surface area contributed by atoms with Gasteiger partial charge in [-0.3, -0.25) is 14.4 Å². The van der Waals surface area contributed by atoms with E-state index in [0.717, 1.165) is 6.07 Å². The van der Waals surface area contributed by atoms with Gasteiger partial charge in [0.1, 0.15) is 34.4 Å². The van der Waals surface area contributed by atoms with Gasteiger partial charge in [-0.15, -0.1) is 0 Å². The quantitative estimate of drug-likeness (QED) is 0.688. The van der Waals surface area contributed by atoms with Crippen LogP contribution in [0.2, 0.25) is 0 Å². The highest BCUT2D eigenvalue weighted by atomic mass is 19.1. The van der Waals surface area contributed by atoms with E-state index in [0.29, 0.717) is 18.6 Å². The van der Waals surface area contributed by atoms with E-state index in [-0.39, 0.29) is 24.2 Å². The van der Waals surface area contributed by atoms with E-state index in [1.54, 1.807) is 6.92 Å². The Labute approximate surface area is 204 Å². The summed E-state index contributed by atoms with van der Waals surface area (Å²) in [6.07, 6.45) is 2.25. The maximum atomic E-state index is 14.0. The van der Waals surface area contributed by atoms with Gasteiger partial charge in [-0.1, -0.05) is 5.16 Å². The molecule has 0 saturated carbocycles. The number of carbonyl (C=O) groups excluding carboxylic acids is 2. The molecule has 2 amide bonds. The number of methoxy groups -OCH3 is 1. The lowest BCUT2D eigenvalue weighted by Crippen LogP contribution is -2.57. The van der Waals surface area contributed by atoms with Gasteiger partial charge in [0.25, 0.3) is 11.8 Å². The molecule has 190 valence electrons. The van der Waals surface area contributed by atoms with Crippen LogP contribution in [0.1, 0.15) is 60.0 Å². The lowest BCUT2D eigenvalue weighted by molar-refractivity contribution is -0.108. The van der Waals surface area contributed by atoms with Crippen molar-refractivity contribution in [2.24, 2.45) is 5.16 Å². The fourth-order valence-corrected chi connectivity index (χ4v) is 4.99. The van der Waals surface area contributed by atoms with E-state index in [1.165, 1.54) is 29.0 Å². The second kappa shape index (κ2) is 8.47. The number of nitrogens with one attached hydrogen (secondary N) is 1. The third kappa shape index (κ3) is 3.67. The minimum Gasteiger partial charge on any atom is -0.387 e. The zero-order valence-corrected chi connectivity index (χ0v) is 19.4. The molecular weight excluding hydrogens is 481 g/mol. The molecule has 0 radical (unpaired) electrons. The number of carbonyl (C=O) groups is 2. The summed E-state index contributed by atoms with van der Waals surface area (Å²) in [5.74, 6) is -4.94. The summed E-state index contributed by atoms with van der Waals surface area (Å²) in [4.78, 5) is 46.5. The van der Waals surface area contributed by atoms with Gasteiger partial charge < -0.3 is 24.4 Å². The molecule has 2 bridgehead atoms. The molecule has 1 fully saturated rings. The Morgan fingerprint density at radius 3 is 2.64 bits per heavy atom. The number of nitrogens with zero attached hydrogens (tertiary/aromatic N) is 3. The highest BCUT2D eigenvalue weighted by molar-refractivity contribution is 5.97. The Balaban J connectivity index is 1.54. The largest absolute Gasteiger partial charge is 0.387 e. The van der Waals surface area contributed by atoms with Gasteiger partial charge >= 0.3 is 0 Å². The van der Waals surface area contributed by atoms with E-state index >= 15 is 0 Å². The van der Waals surface area contributed by atoms with Crippen LogP contribution in [0.4, 0.5) is 13.2 Å². The normalized spacial score (nSPS) is 29.0. The summed E-state index contributed by atoms with van der Waals surface area (Å²) in [5, 5.41) is 6.12. The number of benzene rings is 1. The van der Waals surface area contributed by atoms with Crippen molar-refractivity contribution in [1.29, 1.82) is 0 Å². The average Bonchev–Trinajstić information content (AvgIpc) is 3.17. The Morgan fingerprint density at radius 2 is 2.00 bits per heavy atom. The van der Waals surface area contributed by atoms with Crippen molar-refractivity contribution in [2.75, 3.05) is 13.7 Å². The summed E-state index contributed by atoms with van der Waals surface area (Å²) in [6, 6.07) is 1.27. The maximum absolute atomic E-state index is 14.0. The Bertz CT molecular complexity index is 1380. The van der Waals surface area contributed by atoms with Gasteiger partial charge in [0, 0.05) is 64.1 Å². The van der Waals surface area contributed by atoms with Gasteiger partial charge in [-0.05, 0) is 19.8 Å².